The molecule has 0 aliphatic heterocycles. The van der Waals surface area contributed by atoms with E-state index in [0.717, 1.165) is 16.9 Å². The summed E-state index contributed by atoms with van der Waals surface area (Å²) in [5, 5.41) is 8.98. The van der Waals surface area contributed by atoms with E-state index in [-0.39, 0.29) is 0 Å². The Balaban J connectivity index is 2.63. The summed E-state index contributed by atoms with van der Waals surface area (Å²) < 4.78 is 5.28. The molecule has 1 aromatic carbocycles. The van der Waals surface area contributed by atoms with Crippen LogP contribution in [0.25, 0.3) is 11.3 Å². The van der Waals surface area contributed by atoms with Crippen molar-refractivity contribution >= 4 is 11.3 Å². The molecule has 0 amide bonds. The van der Waals surface area contributed by atoms with Crippen LogP contribution in [0.2, 0.25) is 0 Å². The van der Waals surface area contributed by atoms with Crippen LogP contribution >= 0.6 is 11.3 Å². The fourth-order valence-corrected chi connectivity index (χ4v) is 2.11. The SMILES string of the molecule is COc1ccc(C)cc1-c1ncsc1C#N. The van der Waals surface area contributed by atoms with Crippen LogP contribution in [0.5, 0.6) is 5.75 Å². The third-order valence-corrected chi connectivity index (χ3v) is 3.01. The van der Waals surface area contributed by atoms with Crippen LogP contribution in [-0.2, 0) is 0 Å². The molecule has 80 valence electrons. The number of methoxy groups -OCH3 is 1. The molecule has 0 atom stereocenters. The van der Waals surface area contributed by atoms with Crippen molar-refractivity contribution in [1.82, 2.24) is 4.98 Å². The number of aromatic nitrogens is 1. The van der Waals surface area contributed by atoms with Crippen molar-refractivity contribution in [2.24, 2.45) is 0 Å². The van der Waals surface area contributed by atoms with Gasteiger partial charge in [0.05, 0.1) is 12.6 Å². The summed E-state index contributed by atoms with van der Waals surface area (Å²) in [7, 11) is 1.62. The minimum atomic E-state index is 0.615. The third-order valence-electron chi connectivity index (χ3n) is 2.28. The van der Waals surface area contributed by atoms with Gasteiger partial charge in [0.1, 0.15) is 22.4 Å². The van der Waals surface area contributed by atoms with Crippen molar-refractivity contribution in [3.05, 3.63) is 34.2 Å². The lowest BCUT2D eigenvalue weighted by Crippen LogP contribution is -1.90. The second-order valence-electron chi connectivity index (χ2n) is 3.35. The van der Waals surface area contributed by atoms with Crippen molar-refractivity contribution < 1.29 is 4.74 Å². The van der Waals surface area contributed by atoms with E-state index in [1.54, 1.807) is 12.6 Å². The highest BCUT2D eigenvalue weighted by Crippen LogP contribution is 2.33. The molecule has 2 rings (SSSR count). The minimum absolute atomic E-state index is 0.615. The summed E-state index contributed by atoms with van der Waals surface area (Å²) >= 11 is 1.34. The fourth-order valence-electron chi connectivity index (χ4n) is 1.52. The average molecular weight is 230 g/mol. The lowest BCUT2D eigenvalue weighted by molar-refractivity contribution is 0.416. The quantitative estimate of drug-likeness (QED) is 0.796. The molecule has 0 saturated heterocycles. The first-order chi connectivity index (χ1) is 7.76. The molecule has 0 unspecified atom stereocenters. The van der Waals surface area contributed by atoms with Crippen LogP contribution in [0.3, 0.4) is 0 Å². The van der Waals surface area contributed by atoms with E-state index in [1.807, 2.05) is 25.1 Å². The molecule has 4 heteroatoms. The highest BCUT2D eigenvalue weighted by atomic mass is 32.1. The monoisotopic (exact) mass is 230 g/mol. The van der Waals surface area contributed by atoms with E-state index in [1.165, 1.54) is 11.3 Å². The summed E-state index contributed by atoms with van der Waals surface area (Å²) in [6, 6.07) is 7.99. The number of rotatable bonds is 2. The smallest absolute Gasteiger partial charge is 0.132 e. The lowest BCUT2D eigenvalue weighted by atomic mass is 10.1. The second-order valence-corrected chi connectivity index (χ2v) is 4.20. The molecule has 0 aliphatic carbocycles. The molecule has 0 radical (unpaired) electrons. The molecular weight excluding hydrogens is 220 g/mol. The van der Waals surface area contributed by atoms with Crippen molar-refractivity contribution in [2.75, 3.05) is 7.11 Å². The summed E-state index contributed by atoms with van der Waals surface area (Å²) in [6.45, 7) is 2.00. The number of ether oxygens (including phenoxy) is 1. The van der Waals surface area contributed by atoms with Gasteiger partial charge in [-0.3, -0.25) is 0 Å². The van der Waals surface area contributed by atoms with Gasteiger partial charge in [0.15, 0.2) is 0 Å². The summed E-state index contributed by atoms with van der Waals surface area (Å²) in [4.78, 5) is 4.84. The van der Waals surface area contributed by atoms with Crippen LogP contribution in [-0.4, -0.2) is 12.1 Å². The molecular formula is C12H10N2OS. The number of nitriles is 1. The standard InChI is InChI=1S/C12H10N2OS/c1-8-3-4-10(15-2)9(5-8)12-11(6-13)16-7-14-12/h3-5,7H,1-2H3. The highest BCUT2D eigenvalue weighted by Gasteiger charge is 2.13. The van der Waals surface area contributed by atoms with Crippen molar-refractivity contribution in [3.8, 4) is 23.1 Å². The molecule has 0 fully saturated rings. The zero-order valence-electron chi connectivity index (χ0n) is 9.02. The van der Waals surface area contributed by atoms with Crippen LogP contribution in [0.4, 0.5) is 0 Å². The van der Waals surface area contributed by atoms with Gasteiger partial charge in [-0.15, -0.1) is 11.3 Å². The van der Waals surface area contributed by atoms with E-state index >= 15 is 0 Å². The van der Waals surface area contributed by atoms with Gasteiger partial charge in [-0.05, 0) is 19.1 Å². The largest absolute Gasteiger partial charge is 0.496 e. The summed E-state index contributed by atoms with van der Waals surface area (Å²) in [5.41, 5.74) is 4.37. The molecule has 0 spiro atoms. The summed E-state index contributed by atoms with van der Waals surface area (Å²) in [6.07, 6.45) is 0. The number of hydrogen-bond donors (Lipinski definition) is 0. The molecule has 2 aromatic rings. The maximum absolute atomic E-state index is 8.98. The highest BCUT2D eigenvalue weighted by molar-refractivity contribution is 7.10. The van der Waals surface area contributed by atoms with Gasteiger partial charge in [-0.2, -0.15) is 5.26 Å². The molecule has 0 saturated carbocycles. The van der Waals surface area contributed by atoms with E-state index in [4.69, 9.17) is 10.00 Å². The first-order valence-corrected chi connectivity index (χ1v) is 5.63. The van der Waals surface area contributed by atoms with E-state index < -0.39 is 0 Å². The van der Waals surface area contributed by atoms with Gasteiger partial charge in [0.2, 0.25) is 0 Å². The van der Waals surface area contributed by atoms with Crippen molar-refractivity contribution in [1.29, 1.82) is 5.26 Å². The normalized spacial score (nSPS) is 9.81. The average Bonchev–Trinajstić information content (AvgIpc) is 2.76. The van der Waals surface area contributed by atoms with Gasteiger partial charge in [0.25, 0.3) is 0 Å². The lowest BCUT2D eigenvalue weighted by Gasteiger charge is -2.07. The Morgan fingerprint density at radius 3 is 2.94 bits per heavy atom. The second kappa shape index (κ2) is 4.33. The number of benzene rings is 1. The Bertz CT molecular complexity index is 554. The zero-order valence-corrected chi connectivity index (χ0v) is 9.84. The van der Waals surface area contributed by atoms with E-state index in [0.29, 0.717) is 10.6 Å². The van der Waals surface area contributed by atoms with Gasteiger partial charge in [-0.25, -0.2) is 4.98 Å². The van der Waals surface area contributed by atoms with Crippen LogP contribution in [0.1, 0.15) is 10.4 Å². The van der Waals surface area contributed by atoms with Gasteiger partial charge in [0, 0.05) is 5.56 Å². The van der Waals surface area contributed by atoms with E-state index in [2.05, 4.69) is 11.1 Å². The Labute approximate surface area is 97.9 Å². The Morgan fingerprint density at radius 1 is 1.44 bits per heavy atom. The molecule has 0 bridgehead atoms. The number of thiazole rings is 1. The predicted octanol–water partition coefficient (Wildman–Crippen LogP) is 3.00. The maximum atomic E-state index is 8.98. The number of aryl methyl sites for hydroxylation is 1. The maximum Gasteiger partial charge on any atom is 0.132 e. The number of hydrogen-bond acceptors (Lipinski definition) is 4. The van der Waals surface area contributed by atoms with E-state index in [9.17, 15) is 0 Å². The zero-order chi connectivity index (χ0) is 11.5. The molecule has 0 N–H and O–H groups in total. The molecule has 3 nitrogen and oxygen atoms in total. The minimum Gasteiger partial charge on any atom is -0.496 e. The van der Waals surface area contributed by atoms with Crippen LogP contribution in [0.15, 0.2) is 23.7 Å². The Kier molecular flexibility index (Phi) is 2.88. The summed E-state index contributed by atoms with van der Waals surface area (Å²) in [5.74, 6) is 0.744. The van der Waals surface area contributed by atoms with Crippen molar-refractivity contribution in [3.63, 3.8) is 0 Å². The van der Waals surface area contributed by atoms with Gasteiger partial charge >= 0.3 is 0 Å². The van der Waals surface area contributed by atoms with Crippen LogP contribution < -0.4 is 4.74 Å². The topological polar surface area (TPSA) is 45.9 Å². The third kappa shape index (κ3) is 1.77. The molecule has 0 aliphatic rings. The first kappa shape index (κ1) is 10.7. The van der Waals surface area contributed by atoms with Crippen molar-refractivity contribution in [2.45, 2.75) is 6.92 Å². The Morgan fingerprint density at radius 2 is 2.25 bits per heavy atom. The van der Waals surface area contributed by atoms with Gasteiger partial charge < -0.3 is 4.74 Å². The number of nitrogens with zero attached hydrogens (tertiary/aromatic N) is 2. The predicted molar refractivity (Wildman–Crippen MR) is 63.6 cm³/mol. The Hall–Kier alpha value is -1.86. The first-order valence-electron chi connectivity index (χ1n) is 4.75. The molecule has 16 heavy (non-hydrogen) atoms. The fraction of sp³-hybridized carbons (Fsp3) is 0.167. The van der Waals surface area contributed by atoms with Gasteiger partial charge in [-0.1, -0.05) is 11.6 Å². The molecule has 1 heterocycles. The molecule has 1 aromatic heterocycles. The van der Waals surface area contributed by atoms with Crippen LogP contribution in [0, 0.1) is 18.3 Å².